The van der Waals surface area contributed by atoms with Gasteiger partial charge in [-0.05, 0) is 43.7 Å². The number of nitrogens with one attached hydrogen (secondary N) is 2. The van der Waals surface area contributed by atoms with E-state index in [1.165, 1.54) is 23.1 Å². The number of aromatic nitrogens is 2. The second kappa shape index (κ2) is 8.53. The standard InChI is InChI=1S/C20H25N3O3S2/c1-6-26-19(25)13-12(5)21-17-15(14(13)16-11(4)7-8-27-16)18(24)23-20(22-17)28-9-10(2)3/h7-8,10,14H,6,9H2,1-5H3,(H2,21,22,23,24). The maximum Gasteiger partial charge on any atom is 0.336 e. The van der Waals surface area contributed by atoms with Gasteiger partial charge in [-0.3, -0.25) is 4.79 Å². The summed E-state index contributed by atoms with van der Waals surface area (Å²) in [6, 6.07) is 1.99. The number of carbonyl (C=O) groups is 1. The fourth-order valence-electron chi connectivity index (χ4n) is 3.17. The molecule has 150 valence electrons. The molecule has 1 unspecified atom stereocenters. The van der Waals surface area contributed by atoms with Crippen LogP contribution in [0.3, 0.4) is 0 Å². The molecule has 1 atom stereocenters. The van der Waals surface area contributed by atoms with Gasteiger partial charge in [-0.25, -0.2) is 9.78 Å². The lowest BCUT2D eigenvalue weighted by atomic mass is 9.85. The van der Waals surface area contributed by atoms with Crippen molar-refractivity contribution in [2.45, 2.75) is 45.7 Å². The number of thioether (sulfide) groups is 1. The molecule has 28 heavy (non-hydrogen) atoms. The number of esters is 1. The molecule has 0 spiro atoms. The average Bonchev–Trinajstić information content (AvgIpc) is 3.04. The molecule has 8 heteroatoms. The Kier molecular flexibility index (Phi) is 6.30. The summed E-state index contributed by atoms with van der Waals surface area (Å²) in [5.74, 6) is 0.957. The Morgan fingerprint density at radius 3 is 2.75 bits per heavy atom. The Morgan fingerprint density at radius 1 is 1.39 bits per heavy atom. The van der Waals surface area contributed by atoms with Gasteiger partial charge in [0.25, 0.3) is 5.56 Å². The monoisotopic (exact) mass is 419 g/mol. The molecule has 0 saturated carbocycles. The molecule has 0 amide bonds. The number of hydrogen-bond donors (Lipinski definition) is 2. The highest BCUT2D eigenvalue weighted by molar-refractivity contribution is 7.99. The molecule has 2 N–H and O–H groups in total. The van der Waals surface area contributed by atoms with Gasteiger partial charge >= 0.3 is 5.97 Å². The minimum atomic E-state index is -0.490. The molecule has 0 aliphatic carbocycles. The van der Waals surface area contributed by atoms with Crippen molar-refractivity contribution in [3.8, 4) is 0 Å². The van der Waals surface area contributed by atoms with Gasteiger partial charge in [0.1, 0.15) is 5.82 Å². The van der Waals surface area contributed by atoms with Gasteiger partial charge < -0.3 is 15.0 Å². The molecule has 1 aliphatic heterocycles. The number of allylic oxidation sites excluding steroid dienone is 1. The number of rotatable bonds is 6. The summed E-state index contributed by atoms with van der Waals surface area (Å²) in [4.78, 5) is 34.3. The summed E-state index contributed by atoms with van der Waals surface area (Å²) in [7, 11) is 0. The lowest BCUT2D eigenvalue weighted by molar-refractivity contribution is -0.138. The van der Waals surface area contributed by atoms with E-state index >= 15 is 0 Å². The van der Waals surface area contributed by atoms with Crippen LogP contribution in [0.1, 0.15) is 49.6 Å². The molecule has 0 bridgehead atoms. The summed E-state index contributed by atoms with van der Waals surface area (Å²) in [6.45, 7) is 10.1. The molecule has 2 aromatic rings. The number of ether oxygens (including phenoxy) is 1. The van der Waals surface area contributed by atoms with Crippen molar-refractivity contribution >= 4 is 34.9 Å². The first-order chi connectivity index (χ1) is 13.3. The largest absolute Gasteiger partial charge is 0.463 e. The molecular formula is C20H25N3O3S2. The van der Waals surface area contributed by atoms with Crippen molar-refractivity contribution in [3.05, 3.63) is 49.1 Å². The van der Waals surface area contributed by atoms with E-state index in [9.17, 15) is 9.59 Å². The van der Waals surface area contributed by atoms with E-state index in [4.69, 9.17) is 4.74 Å². The van der Waals surface area contributed by atoms with Crippen molar-refractivity contribution in [2.75, 3.05) is 17.7 Å². The van der Waals surface area contributed by atoms with Crippen LogP contribution >= 0.6 is 23.1 Å². The van der Waals surface area contributed by atoms with Crippen LogP contribution in [0, 0.1) is 12.8 Å². The predicted octanol–water partition coefficient (Wildman–Crippen LogP) is 4.28. The van der Waals surface area contributed by atoms with Crippen molar-refractivity contribution in [3.63, 3.8) is 0 Å². The van der Waals surface area contributed by atoms with Gasteiger partial charge in [-0.2, -0.15) is 0 Å². The van der Waals surface area contributed by atoms with Crippen LogP contribution in [0.2, 0.25) is 0 Å². The van der Waals surface area contributed by atoms with Crippen molar-refractivity contribution in [2.24, 2.45) is 5.92 Å². The summed E-state index contributed by atoms with van der Waals surface area (Å²) >= 11 is 3.05. The van der Waals surface area contributed by atoms with Gasteiger partial charge in [-0.15, -0.1) is 11.3 Å². The topological polar surface area (TPSA) is 84.1 Å². The van der Waals surface area contributed by atoms with E-state index in [0.717, 1.165) is 16.2 Å². The van der Waals surface area contributed by atoms with Crippen molar-refractivity contribution < 1.29 is 9.53 Å². The number of carbonyl (C=O) groups excluding carboxylic acids is 1. The Balaban J connectivity index is 2.15. The smallest absolute Gasteiger partial charge is 0.336 e. The maximum atomic E-state index is 13.1. The van der Waals surface area contributed by atoms with Crippen LogP contribution in [0.5, 0.6) is 0 Å². The molecule has 3 rings (SSSR count). The van der Waals surface area contributed by atoms with Gasteiger partial charge in [0.15, 0.2) is 5.16 Å². The number of fused-ring (bicyclic) bond motifs is 1. The first kappa shape index (κ1) is 20.7. The predicted molar refractivity (Wildman–Crippen MR) is 114 cm³/mol. The number of thiophene rings is 1. The van der Waals surface area contributed by atoms with Crippen LogP contribution < -0.4 is 10.9 Å². The second-order valence-electron chi connectivity index (χ2n) is 7.12. The number of hydrogen-bond acceptors (Lipinski definition) is 7. The minimum Gasteiger partial charge on any atom is -0.463 e. The van der Waals surface area contributed by atoms with Gasteiger partial charge in [0.2, 0.25) is 0 Å². The number of anilines is 1. The number of aromatic amines is 1. The summed E-state index contributed by atoms with van der Waals surface area (Å²) in [5, 5.41) is 5.72. The third-order valence-corrected chi connectivity index (χ3v) is 6.82. The quantitative estimate of drug-likeness (QED) is 0.413. The van der Waals surface area contributed by atoms with E-state index in [0.29, 0.717) is 33.7 Å². The lowest BCUT2D eigenvalue weighted by Crippen LogP contribution is -2.31. The van der Waals surface area contributed by atoms with E-state index in [-0.39, 0.29) is 12.2 Å². The van der Waals surface area contributed by atoms with E-state index < -0.39 is 11.9 Å². The lowest BCUT2D eigenvalue weighted by Gasteiger charge is -2.28. The Bertz CT molecular complexity index is 975. The van der Waals surface area contributed by atoms with Crippen molar-refractivity contribution in [1.82, 2.24) is 9.97 Å². The zero-order valence-electron chi connectivity index (χ0n) is 16.7. The van der Waals surface area contributed by atoms with Crippen LogP contribution in [-0.4, -0.2) is 28.3 Å². The summed E-state index contributed by atoms with van der Waals surface area (Å²) < 4.78 is 5.29. The second-order valence-corrected chi connectivity index (χ2v) is 9.08. The average molecular weight is 420 g/mol. The Hall–Kier alpha value is -2.06. The molecule has 2 aromatic heterocycles. The fraction of sp³-hybridized carbons (Fsp3) is 0.450. The molecule has 6 nitrogen and oxygen atoms in total. The Morgan fingerprint density at radius 2 is 2.14 bits per heavy atom. The third-order valence-electron chi connectivity index (χ3n) is 4.43. The number of aryl methyl sites for hydroxylation is 1. The molecule has 1 aliphatic rings. The third kappa shape index (κ3) is 4.03. The van der Waals surface area contributed by atoms with E-state index in [2.05, 4.69) is 29.1 Å². The van der Waals surface area contributed by atoms with Gasteiger partial charge in [-0.1, -0.05) is 25.6 Å². The molecule has 0 radical (unpaired) electrons. The molecule has 0 fully saturated rings. The first-order valence-corrected chi connectivity index (χ1v) is 11.2. The van der Waals surface area contributed by atoms with Crippen LogP contribution in [-0.2, 0) is 9.53 Å². The molecule has 0 aromatic carbocycles. The highest BCUT2D eigenvalue weighted by Gasteiger charge is 2.37. The first-order valence-electron chi connectivity index (χ1n) is 9.29. The van der Waals surface area contributed by atoms with E-state index in [1.807, 2.05) is 25.3 Å². The van der Waals surface area contributed by atoms with Gasteiger partial charge in [0.05, 0.1) is 23.7 Å². The number of H-pyrrole nitrogens is 1. The normalized spacial score (nSPS) is 16.1. The van der Waals surface area contributed by atoms with Crippen molar-refractivity contribution in [1.29, 1.82) is 0 Å². The maximum absolute atomic E-state index is 13.1. The zero-order chi connectivity index (χ0) is 20.4. The van der Waals surface area contributed by atoms with Crippen LogP contribution in [0.15, 0.2) is 32.7 Å². The summed E-state index contributed by atoms with van der Waals surface area (Å²) in [6.07, 6.45) is 0. The van der Waals surface area contributed by atoms with Crippen LogP contribution in [0.25, 0.3) is 0 Å². The molecule has 3 heterocycles. The molecular weight excluding hydrogens is 394 g/mol. The minimum absolute atomic E-state index is 0.226. The fourth-order valence-corrected chi connectivity index (χ4v) is 5.02. The highest BCUT2D eigenvalue weighted by Crippen LogP contribution is 2.43. The number of nitrogens with zero attached hydrogens (tertiary/aromatic N) is 1. The van der Waals surface area contributed by atoms with Gasteiger partial charge in [0, 0.05) is 16.3 Å². The molecule has 0 saturated heterocycles. The van der Waals surface area contributed by atoms with E-state index in [1.54, 1.807) is 6.92 Å². The SMILES string of the molecule is CCOC(=O)C1=C(C)Nc2nc(SCC(C)C)[nH]c(=O)c2C1c1sccc1C. The highest BCUT2D eigenvalue weighted by atomic mass is 32.2. The summed E-state index contributed by atoms with van der Waals surface area (Å²) in [5.41, 5.74) is 2.41. The van der Waals surface area contributed by atoms with Crippen LogP contribution in [0.4, 0.5) is 5.82 Å². The zero-order valence-corrected chi connectivity index (χ0v) is 18.3. The Labute approximate surface area is 172 Å².